The fourth-order valence-corrected chi connectivity index (χ4v) is 5.48. The van der Waals surface area contributed by atoms with Gasteiger partial charge in [-0.15, -0.1) is 0 Å². The third-order valence-corrected chi connectivity index (χ3v) is 7.21. The molecule has 1 aromatic carbocycles. The summed E-state index contributed by atoms with van der Waals surface area (Å²) in [5.41, 5.74) is 6.96. The molecule has 0 bridgehead atoms. The highest BCUT2D eigenvalue weighted by Crippen LogP contribution is 2.45. The molecule has 0 radical (unpaired) electrons. The average Bonchev–Trinajstić information content (AvgIpc) is 3.01. The summed E-state index contributed by atoms with van der Waals surface area (Å²) in [5.74, 6) is -2.32. The number of hydrogen-bond acceptors (Lipinski definition) is 6. The maximum atomic E-state index is 13.7. The summed E-state index contributed by atoms with van der Waals surface area (Å²) in [7, 11) is -2.33. The van der Waals surface area contributed by atoms with Crippen LogP contribution in [0, 0.1) is 0 Å². The Labute approximate surface area is 166 Å². The smallest absolute Gasteiger partial charge is 0.248 e. The molecule has 0 spiro atoms. The number of halogens is 2. The molecule has 2 heterocycles. The summed E-state index contributed by atoms with van der Waals surface area (Å²) in [5, 5.41) is 2.93. The van der Waals surface area contributed by atoms with Crippen LogP contribution in [0.4, 0.5) is 20.4 Å². The molecular formula is C19H21F2N5O2S. The molecular weight excluding hydrogens is 400 g/mol. The first-order chi connectivity index (χ1) is 13.8. The maximum Gasteiger partial charge on any atom is 0.248 e. The zero-order valence-corrected chi connectivity index (χ0v) is 16.6. The van der Waals surface area contributed by atoms with Gasteiger partial charge in [0, 0.05) is 25.9 Å². The molecule has 3 aromatic rings. The lowest BCUT2D eigenvalue weighted by Gasteiger charge is -2.30. The number of anilines is 2. The predicted octanol–water partition coefficient (Wildman–Crippen LogP) is 3.64. The van der Waals surface area contributed by atoms with Gasteiger partial charge in [0.1, 0.15) is 28.1 Å². The fraction of sp³-hybridized carbons (Fsp3) is 0.368. The van der Waals surface area contributed by atoms with Crippen LogP contribution in [-0.4, -0.2) is 35.9 Å². The first-order valence-electron chi connectivity index (χ1n) is 9.26. The molecule has 2 aromatic heterocycles. The van der Waals surface area contributed by atoms with Gasteiger partial charge < -0.3 is 15.6 Å². The number of hydrogen-bond donors (Lipinski definition) is 2. The Morgan fingerprint density at radius 3 is 2.45 bits per heavy atom. The number of nitrogens with zero attached hydrogens (tertiary/aromatic N) is 3. The summed E-state index contributed by atoms with van der Waals surface area (Å²) < 4.78 is 55.8. The van der Waals surface area contributed by atoms with E-state index < -0.39 is 15.8 Å². The van der Waals surface area contributed by atoms with Gasteiger partial charge in [-0.25, -0.2) is 27.2 Å². The van der Waals surface area contributed by atoms with E-state index in [1.54, 1.807) is 29.8 Å². The van der Waals surface area contributed by atoms with E-state index >= 15 is 0 Å². The fourth-order valence-electron chi connectivity index (χ4n) is 3.95. The Morgan fingerprint density at radius 2 is 1.83 bits per heavy atom. The third-order valence-electron chi connectivity index (χ3n) is 5.38. The van der Waals surface area contributed by atoms with Crippen molar-refractivity contribution in [2.75, 3.05) is 18.1 Å². The standard InChI is InChI=1S/C19H21F2N5O2S/c1-23-18-15-14(24-11-25-18)16(29(27,28)13-5-3-2-4-6-13)17(22)26(15)12-7-9-19(20,21)10-8-12/h2-6,11-12H,7-10,22H2,1H3,(H,23,24,25). The van der Waals surface area contributed by atoms with Gasteiger partial charge in [0.25, 0.3) is 0 Å². The molecule has 10 heteroatoms. The Kier molecular flexibility index (Phi) is 4.68. The predicted molar refractivity (Wildman–Crippen MR) is 106 cm³/mol. The van der Waals surface area contributed by atoms with Crippen LogP contribution in [0.1, 0.15) is 31.7 Å². The molecule has 154 valence electrons. The van der Waals surface area contributed by atoms with Gasteiger partial charge in [-0.3, -0.25) is 0 Å². The van der Waals surface area contributed by atoms with E-state index in [1.807, 2.05) is 0 Å². The van der Waals surface area contributed by atoms with E-state index in [9.17, 15) is 17.2 Å². The molecule has 0 amide bonds. The minimum Gasteiger partial charge on any atom is -0.384 e. The number of nitrogens with two attached hydrogens (primary N) is 1. The normalized spacial score (nSPS) is 17.5. The molecule has 1 aliphatic carbocycles. The first kappa shape index (κ1) is 19.6. The van der Waals surface area contributed by atoms with Crippen molar-refractivity contribution in [2.24, 2.45) is 0 Å². The summed E-state index contributed by atoms with van der Waals surface area (Å²) in [4.78, 5) is 8.36. The van der Waals surface area contributed by atoms with Crippen molar-refractivity contribution < 1.29 is 17.2 Å². The Hall–Kier alpha value is -2.75. The van der Waals surface area contributed by atoms with Gasteiger partial charge in [-0.1, -0.05) is 18.2 Å². The van der Waals surface area contributed by atoms with Gasteiger partial charge in [-0.2, -0.15) is 0 Å². The lowest BCUT2D eigenvalue weighted by molar-refractivity contribution is -0.0434. The number of sulfone groups is 1. The quantitative estimate of drug-likeness (QED) is 0.667. The summed E-state index contributed by atoms with van der Waals surface area (Å²) in [6, 6.07) is 7.57. The van der Waals surface area contributed by atoms with Crippen molar-refractivity contribution in [3.63, 3.8) is 0 Å². The topological polar surface area (TPSA) is 103 Å². The molecule has 1 fully saturated rings. The second kappa shape index (κ2) is 6.94. The molecule has 7 nitrogen and oxygen atoms in total. The van der Waals surface area contributed by atoms with Crippen molar-refractivity contribution >= 4 is 32.5 Å². The lowest BCUT2D eigenvalue weighted by atomic mass is 9.92. The van der Waals surface area contributed by atoms with Crippen molar-refractivity contribution in [3.05, 3.63) is 36.7 Å². The molecule has 1 aliphatic rings. The molecule has 0 unspecified atom stereocenters. The van der Waals surface area contributed by atoms with Gasteiger partial charge in [0.2, 0.25) is 15.8 Å². The number of nitrogen functional groups attached to an aromatic ring is 1. The van der Waals surface area contributed by atoms with Gasteiger partial charge in [-0.05, 0) is 25.0 Å². The number of aromatic nitrogens is 3. The largest absolute Gasteiger partial charge is 0.384 e. The highest BCUT2D eigenvalue weighted by Gasteiger charge is 2.39. The molecule has 29 heavy (non-hydrogen) atoms. The summed E-state index contributed by atoms with van der Waals surface area (Å²) >= 11 is 0. The Bertz CT molecular complexity index is 1150. The molecule has 3 N–H and O–H groups in total. The minimum absolute atomic E-state index is 0.00364. The van der Waals surface area contributed by atoms with Crippen LogP contribution >= 0.6 is 0 Å². The van der Waals surface area contributed by atoms with Crippen molar-refractivity contribution in [1.29, 1.82) is 0 Å². The zero-order chi connectivity index (χ0) is 20.8. The van der Waals surface area contributed by atoms with Crippen molar-refractivity contribution in [1.82, 2.24) is 14.5 Å². The molecule has 0 aliphatic heterocycles. The molecule has 0 saturated heterocycles. The number of benzene rings is 1. The number of fused-ring (bicyclic) bond motifs is 1. The van der Waals surface area contributed by atoms with E-state index in [1.165, 1.54) is 18.5 Å². The monoisotopic (exact) mass is 421 g/mol. The van der Waals surface area contributed by atoms with Gasteiger partial charge in [0.15, 0.2) is 5.82 Å². The van der Waals surface area contributed by atoms with E-state index in [-0.39, 0.29) is 52.9 Å². The minimum atomic E-state index is -3.97. The summed E-state index contributed by atoms with van der Waals surface area (Å²) in [6.45, 7) is 0. The van der Waals surface area contributed by atoms with E-state index in [0.29, 0.717) is 11.3 Å². The lowest BCUT2D eigenvalue weighted by Crippen LogP contribution is -2.27. The number of rotatable bonds is 4. The van der Waals surface area contributed by atoms with Crippen LogP contribution < -0.4 is 11.1 Å². The SMILES string of the molecule is CNc1ncnc2c(S(=O)(=O)c3ccccc3)c(N)n(C3CCC(F)(F)CC3)c12. The van der Waals surface area contributed by atoms with E-state index in [2.05, 4.69) is 15.3 Å². The van der Waals surface area contributed by atoms with Gasteiger partial charge >= 0.3 is 0 Å². The molecule has 1 saturated carbocycles. The van der Waals surface area contributed by atoms with E-state index in [0.717, 1.165) is 0 Å². The van der Waals surface area contributed by atoms with Gasteiger partial charge in [0.05, 0.1) is 4.90 Å². The maximum absolute atomic E-state index is 13.7. The van der Waals surface area contributed by atoms with E-state index in [4.69, 9.17) is 5.73 Å². The van der Waals surface area contributed by atoms with Crippen LogP contribution in [0.15, 0.2) is 46.5 Å². The average molecular weight is 421 g/mol. The van der Waals surface area contributed by atoms with Crippen LogP contribution in [0.3, 0.4) is 0 Å². The molecule has 4 rings (SSSR count). The van der Waals surface area contributed by atoms with Crippen LogP contribution in [0.25, 0.3) is 11.0 Å². The van der Waals surface area contributed by atoms with Crippen molar-refractivity contribution in [3.8, 4) is 0 Å². The van der Waals surface area contributed by atoms with Crippen LogP contribution in [0.2, 0.25) is 0 Å². The van der Waals surface area contributed by atoms with Crippen molar-refractivity contribution in [2.45, 2.75) is 47.4 Å². The second-order valence-electron chi connectivity index (χ2n) is 7.16. The highest BCUT2D eigenvalue weighted by atomic mass is 32.2. The zero-order valence-electron chi connectivity index (χ0n) is 15.8. The third kappa shape index (κ3) is 3.21. The number of alkyl halides is 2. The van der Waals surface area contributed by atoms with Crippen LogP contribution in [-0.2, 0) is 9.84 Å². The summed E-state index contributed by atoms with van der Waals surface area (Å²) in [6.07, 6.45) is 1.07. The Morgan fingerprint density at radius 1 is 1.17 bits per heavy atom. The van der Waals surface area contributed by atoms with Crippen LogP contribution in [0.5, 0.6) is 0 Å². The first-order valence-corrected chi connectivity index (χ1v) is 10.7. The highest BCUT2D eigenvalue weighted by molar-refractivity contribution is 7.92. The second-order valence-corrected chi connectivity index (χ2v) is 9.04. The molecule has 0 atom stereocenters. The number of nitrogens with one attached hydrogen (secondary N) is 1. The Balaban J connectivity index is 1.97.